The summed E-state index contributed by atoms with van der Waals surface area (Å²) in [5, 5.41) is 17.5. The molecule has 2 rings (SSSR count). The number of rotatable bonds is 5. The van der Waals surface area contributed by atoms with Crippen LogP contribution in [0.25, 0.3) is 0 Å². The average Bonchev–Trinajstić information content (AvgIpc) is 2.68. The van der Waals surface area contributed by atoms with Crippen LogP contribution in [-0.2, 0) is 4.79 Å². The monoisotopic (exact) mass is 244 g/mol. The van der Waals surface area contributed by atoms with Gasteiger partial charge in [0.15, 0.2) is 0 Å². The van der Waals surface area contributed by atoms with E-state index < -0.39 is 5.97 Å². The highest BCUT2D eigenvalue weighted by Gasteiger charge is 2.29. The zero-order valence-electron chi connectivity index (χ0n) is 10.2. The molecule has 1 aliphatic rings. The number of hydrogen-bond acceptors (Lipinski definition) is 3. The molecule has 0 aromatic heterocycles. The summed E-state index contributed by atoms with van der Waals surface area (Å²) in [6.07, 6.45) is 1.54. The molecule has 4 nitrogen and oxygen atoms in total. The van der Waals surface area contributed by atoms with Crippen LogP contribution in [0, 0.1) is 11.3 Å². The van der Waals surface area contributed by atoms with Crippen molar-refractivity contribution in [3.8, 4) is 6.07 Å². The maximum absolute atomic E-state index is 10.9. The Morgan fingerprint density at radius 2 is 2.28 bits per heavy atom. The first-order valence-corrected chi connectivity index (χ1v) is 6.15. The second-order valence-corrected chi connectivity index (χ2v) is 4.56. The highest BCUT2D eigenvalue weighted by molar-refractivity contribution is 5.71. The smallest absolute Gasteiger partial charge is 0.304 e. The molecule has 0 aliphatic carbocycles. The topological polar surface area (TPSA) is 64.3 Å². The van der Waals surface area contributed by atoms with E-state index >= 15 is 0 Å². The van der Waals surface area contributed by atoms with E-state index in [2.05, 4.69) is 11.0 Å². The fourth-order valence-corrected chi connectivity index (χ4v) is 2.53. The Bertz CT molecular complexity index is 479. The van der Waals surface area contributed by atoms with Gasteiger partial charge in [-0.2, -0.15) is 5.26 Å². The lowest BCUT2D eigenvalue weighted by Crippen LogP contribution is -2.23. The number of nitrogens with zero attached hydrogens (tertiary/aromatic N) is 2. The summed E-state index contributed by atoms with van der Waals surface area (Å²) < 4.78 is 0. The summed E-state index contributed by atoms with van der Waals surface area (Å²) in [6.45, 7) is 1.57. The van der Waals surface area contributed by atoms with Crippen LogP contribution in [-0.4, -0.2) is 24.2 Å². The van der Waals surface area contributed by atoms with Crippen LogP contribution < -0.4 is 4.90 Å². The van der Waals surface area contributed by atoms with Crippen molar-refractivity contribution in [1.82, 2.24) is 0 Å². The van der Waals surface area contributed by atoms with Crippen molar-refractivity contribution < 1.29 is 9.90 Å². The number of unbranched alkanes of at least 4 members (excludes halogenated alkanes) is 1. The second-order valence-electron chi connectivity index (χ2n) is 4.56. The van der Waals surface area contributed by atoms with Crippen molar-refractivity contribution >= 4 is 11.7 Å². The molecule has 1 aliphatic heterocycles. The van der Waals surface area contributed by atoms with Crippen LogP contribution in [0.2, 0.25) is 0 Å². The quantitative estimate of drug-likeness (QED) is 0.807. The predicted octanol–water partition coefficient (Wildman–Crippen LogP) is 2.37. The first-order valence-electron chi connectivity index (χ1n) is 6.15. The summed E-state index contributed by atoms with van der Waals surface area (Å²) in [6, 6.07) is 10.1. The van der Waals surface area contributed by atoms with Crippen LogP contribution >= 0.6 is 0 Å². The van der Waals surface area contributed by atoms with Crippen LogP contribution in [0.1, 0.15) is 30.7 Å². The number of carboxylic acids is 1. The molecule has 1 atom stereocenters. The van der Waals surface area contributed by atoms with E-state index in [9.17, 15) is 4.79 Å². The summed E-state index contributed by atoms with van der Waals surface area (Å²) in [5.41, 5.74) is 2.25. The largest absolute Gasteiger partial charge is 0.481 e. The summed E-state index contributed by atoms with van der Waals surface area (Å²) >= 11 is 0. The molecule has 0 spiro atoms. The van der Waals surface area contributed by atoms with E-state index in [1.165, 1.54) is 0 Å². The van der Waals surface area contributed by atoms with Gasteiger partial charge in [-0.15, -0.1) is 0 Å². The van der Waals surface area contributed by atoms with E-state index in [0.29, 0.717) is 6.42 Å². The molecule has 0 saturated heterocycles. The Morgan fingerprint density at radius 1 is 1.50 bits per heavy atom. The van der Waals surface area contributed by atoms with Crippen LogP contribution in [0.15, 0.2) is 24.3 Å². The van der Waals surface area contributed by atoms with Crippen molar-refractivity contribution in [3.05, 3.63) is 29.8 Å². The van der Waals surface area contributed by atoms with Gasteiger partial charge in [-0.3, -0.25) is 4.79 Å². The first-order chi connectivity index (χ1) is 8.72. The summed E-state index contributed by atoms with van der Waals surface area (Å²) in [4.78, 5) is 13.1. The molecule has 1 aromatic rings. The maximum atomic E-state index is 10.9. The first kappa shape index (κ1) is 12.4. The molecule has 1 heterocycles. The minimum atomic E-state index is -0.756. The molecule has 4 heteroatoms. The van der Waals surface area contributed by atoms with Gasteiger partial charge in [0.1, 0.15) is 0 Å². The zero-order chi connectivity index (χ0) is 13.0. The van der Waals surface area contributed by atoms with Gasteiger partial charge in [0.25, 0.3) is 0 Å². The van der Waals surface area contributed by atoms with Crippen molar-refractivity contribution in [2.45, 2.75) is 25.2 Å². The van der Waals surface area contributed by atoms with Gasteiger partial charge in [-0.1, -0.05) is 18.2 Å². The number of anilines is 1. The third-order valence-corrected chi connectivity index (χ3v) is 3.30. The highest BCUT2D eigenvalue weighted by Crippen LogP contribution is 2.37. The maximum Gasteiger partial charge on any atom is 0.304 e. The minimum absolute atomic E-state index is 0.0702. The van der Waals surface area contributed by atoms with E-state index in [1.54, 1.807) is 0 Å². The van der Waals surface area contributed by atoms with Crippen LogP contribution in [0.4, 0.5) is 5.69 Å². The van der Waals surface area contributed by atoms with Gasteiger partial charge in [0.05, 0.1) is 12.5 Å². The van der Waals surface area contributed by atoms with Gasteiger partial charge in [0.2, 0.25) is 0 Å². The second kappa shape index (κ2) is 5.54. The number of para-hydroxylation sites is 1. The third-order valence-electron chi connectivity index (χ3n) is 3.30. The standard InChI is InChI=1S/C14H16N2O2/c15-7-3-4-8-16-10-11(9-14(17)18)12-5-1-2-6-13(12)16/h1-2,5-6,11H,3-4,8-10H2,(H,17,18). The van der Waals surface area contributed by atoms with Crippen molar-refractivity contribution in [2.24, 2.45) is 0 Å². The molecule has 18 heavy (non-hydrogen) atoms. The third kappa shape index (κ3) is 2.62. The van der Waals surface area contributed by atoms with E-state index in [0.717, 1.165) is 30.8 Å². The SMILES string of the molecule is N#CCCCN1CC(CC(=O)O)c2ccccc21. The summed E-state index contributed by atoms with van der Waals surface area (Å²) in [5.74, 6) is -0.686. The number of fused-ring (bicyclic) bond motifs is 1. The Morgan fingerprint density at radius 3 is 3.00 bits per heavy atom. The average molecular weight is 244 g/mol. The highest BCUT2D eigenvalue weighted by atomic mass is 16.4. The molecule has 94 valence electrons. The van der Waals surface area contributed by atoms with Gasteiger partial charge in [0, 0.05) is 31.1 Å². The van der Waals surface area contributed by atoms with Crippen molar-refractivity contribution in [2.75, 3.05) is 18.0 Å². The Kier molecular flexibility index (Phi) is 3.83. The number of benzene rings is 1. The molecule has 1 aromatic carbocycles. The van der Waals surface area contributed by atoms with Gasteiger partial charge < -0.3 is 10.0 Å². The number of nitriles is 1. The van der Waals surface area contributed by atoms with E-state index in [1.807, 2.05) is 24.3 Å². The fraction of sp³-hybridized carbons (Fsp3) is 0.429. The van der Waals surface area contributed by atoms with Crippen LogP contribution in [0.3, 0.4) is 0 Å². The number of aliphatic carboxylic acids is 1. The molecular weight excluding hydrogens is 228 g/mol. The molecule has 1 N–H and O–H groups in total. The summed E-state index contributed by atoms with van der Waals surface area (Å²) in [7, 11) is 0. The molecule has 0 radical (unpaired) electrons. The normalized spacial score (nSPS) is 17.3. The molecular formula is C14H16N2O2. The lowest BCUT2D eigenvalue weighted by Gasteiger charge is -2.18. The van der Waals surface area contributed by atoms with E-state index in [-0.39, 0.29) is 12.3 Å². The van der Waals surface area contributed by atoms with Gasteiger partial charge in [-0.25, -0.2) is 0 Å². The Hall–Kier alpha value is -2.02. The number of carboxylic acid groups (broad SMARTS) is 1. The lowest BCUT2D eigenvalue weighted by atomic mass is 9.98. The molecule has 0 amide bonds. The van der Waals surface area contributed by atoms with Gasteiger partial charge >= 0.3 is 5.97 Å². The molecule has 1 unspecified atom stereocenters. The number of carbonyl (C=O) groups is 1. The minimum Gasteiger partial charge on any atom is -0.481 e. The van der Waals surface area contributed by atoms with Crippen molar-refractivity contribution in [3.63, 3.8) is 0 Å². The lowest BCUT2D eigenvalue weighted by molar-refractivity contribution is -0.137. The number of hydrogen-bond donors (Lipinski definition) is 1. The Balaban J connectivity index is 2.12. The Labute approximate surface area is 106 Å². The predicted molar refractivity (Wildman–Crippen MR) is 68.5 cm³/mol. The zero-order valence-corrected chi connectivity index (χ0v) is 10.2. The molecule has 0 bridgehead atoms. The van der Waals surface area contributed by atoms with E-state index in [4.69, 9.17) is 10.4 Å². The van der Waals surface area contributed by atoms with Crippen molar-refractivity contribution in [1.29, 1.82) is 5.26 Å². The fourth-order valence-electron chi connectivity index (χ4n) is 2.53. The van der Waals surface area contributed by atoms with Crippen LogP contribution in [0.5, 0.6) is 0 Å². The molecule has 0 saturated carbocycles. The molecule has 0 fully saturated rings. The van der Waals surface area contributed by atoms with Gasteiger partial charge in [-0.05, 0) is 18.1 Å².